The molecule has 2 aliphatic heterocycles. The minimum atomic E-state index is -4.34. The first-order valence-electron chi connectivity index (χ1n) is 8.88. The Labute approximate surface area is 170 Å². The van der Waals surface area contributed by atoms with Crippen LogP contribution in [0.5, 0.6) is 0 Å². The van der Waals surface area contributed by atoms with Gasteiger partial charge in [0.05, 0.1) is 18.0 Å². The second-order valence-electron chi connectivity index (χ2n) is 7.01. The second-order valence-corrected chi connectivity index (χ2v) is 8.94. The minimum absolute atomic E-state index is 0.0156. The molecule has 4 rings (SSSR count). The number of halogens is 1. The van der Waals surface area contributed by atoms with Gasteiger partial charge in [-0.3, -0.25) is 4.57 Å². The fourth-order valence-electron chi connectivity index (χ4n) is 3.29. The molecule has 0 aromatic carbocycles. The van der Waals surface area contributed by atoms with Gasteiger partial charge in [-0.25, -0.2) is 4.98 Å². The molecule has 0 saturated carbocycles. The van der Waals surface area contributed by atoms with Gasteiger partial charge in [0.2, 0.25) is 5.28 Å². The molecule has 4 atom stereocenters. The molecule has 0 bridgehead atoms. The van der Waals surface area contributed by atoms with Gasteiger partial charge in [0, 0.05) is 19.3 Å². The zero-order chi connectivity index (χ0) is 20.8. The smallest absolute Gasteiger partial charge is 0.350 e. The molecule has 12 nitrogen and oxygen atoms in total. The summed E-state index contributed by atoms with van der Waals surface area (Å²) in [5.41, 5.74) is 0.410. The number of nitrogens with one attached hydrogen (secondary N) is 2. The SMILES string of the molecule is O=P(O)(O)COC[C@H]1O[C@@H](n2ccc3c(NC4CNC4)nc(Cl)nc32)[C@H](O)[C@@H]1O. The van der Waals surface area contributed by atoms with E-state index in [1.165, 1.54) is 4.57 Å². The van der Waals surface area contributed by atoms with Gasteiger partial charge in [-0.2, -0.15) is 4.98 Å². The third kappa shape index (κ3) is 4.41. The molecule has 29 heavy (non-hydrogen) atoms. The Bertz CT molecular complexity index is 935. The molecule has 2 aliphatic rings. The predicted molar refractivity (Wildman–Crippen MR) is 102 cm³/mol. The monoisotopic (exact) mass is 449 g/mol. The van der Waals surface area contributed by atoms with Gasteiger partial charge in [0.1, 0.15) is 36.1 Å². The van der Waals surface area contributed by atoms with Gasteiger partial charge in [-0.15, -0.1) is 0 Å². The van der Waals surface area contributed by atoms with Crippen molar-refractivity contribution in [2.75, 3.05) is 31.4 Å². The van der Waals surface area contributed by atoms with Gasteiger partial charge >= 0.3 is 7.60 Å². The van der Waals surface area contributed by atoms with Gasteiger partial charge in [0.15, 0.2) is 6.23 Å². The zero-order valence-corrected chi connectivity index (χ0v) is 16.7. The molecule has 0 radical (unpaired) electrons. The zero-order valence-electron chi connectivity index (χ0n) is 15.1. The van der Waals surface area contributed by atoms with Crippen LogP contribution in [0.25, 0.3) is 11.0 Å². The fourth-order valence-corrected chi connectivity index (χ4v) is 3.80. The van der Waals surface area contributed by atoms with Crippen LogP contribution in [0.4, 0.5) is 5.82 Å². The summed E-state index contributed by atoms with van der Waals surface area (Å²) in [5, 5.41) is 27.8. The number of aromatic nitrogens is 3. The number of anilines is 1. The van der Waals surface area contributed by atoms with E-state index in [9.17, 15) is 14.8 Å². The van der Waals surface area contributed by atoms with E-state index in [2.05, 4.69) is 20.6 Å². The van der Waals surface area contributed by atoms with E-state index < -0.39 is 38.5 Å². The van der Waals surface area contributed by atoms with E-state index in [4.69, 9.17) is 30.9 Å². The topological polar surface area (TPSA) is 171 Å². The highest BCUT2D eigenvalue weighted by Crippen LogP contribution is 2.36. The van der Waals surface area contributed by atoms with E-state index in [1.54, 1.807) is 12.3 Å². The maximum atomic E-state index is 10.9. The van der Waals surface area contributed by atoms with Crippen LogP contribution in [-0.4, -0.2) is 84.9 Å². The van der Waals surface area contributed by atoms with Crippen LogP contribution in [0.3, 0.4) is 0 Å². The molecule has 4 heterocycles. The van der Waals surface area contributed by atoms with E-state index in [1.807, 2.05) is 0 Å². The fraction of sp³-hybridized carbons (Fsp3) is 0.600. The summed E-state index contributed by atoms with van der Waals surface area (Å²) >= 11 is 6.07. The summed E-state index contributed by atoms with van der Waals surface area (Å²) in [5.74, 6) is 0.555. The second kappa shape index (κ2) is 8.06. The average Bonchev–Trinajstić information content (AvgIpc) is 3.13. The normalized spacial score (nSPS) is 28.0. The van der Waals surface area contributed by atoms with Gasteiger partial charge < -0.3 is 44.7 Å². The number of hydrogen-bond donors (Lipinski definition) is 6. The van der Waals surface area contributed by atoms with Crippen LogP contribution in [-0.2, 0) is 14.0 Å². The van der Waals surface area contributed by atoms with E-state index in [-0.39, 0.29) is 17.9 Å². The Kier molecular flexibility index (Phi) is 5.81. The van der Waals surface area contributed by atoms with Gasteiger partial charge in [0.25, 0.3) is 0 Å². The first-order valence-corrected chi connectivity index (χ1v) is 11.1. The highest BCUT2D eigenvalue weighted by atomic mass is 35.5. The molecule has 2 aromatic heterocycles. The molecule has 14 heteroatoms. The quantitative estimate of drug-likeness (QED) is 0.232. The maximum absolute atomic E-state index is 10.9. The molecule has 2 aromatic rings. The lowest BCUT2D eigenvalue weighted by Crippen LogP contribution is -2.51. The summed E-state index contributed by atoms with van der Waals surface area (Å²) in [6.07, 6.45) is -3.76. The van der Waals surface area contributed by atoms with Crippen molar-refractivity contribution < 1.29 is 34.0 Å². The minimum Gasteiger partial charge on any atom is -0.387 e. The van der Waals surface area contributed by atoms with Crippen molar-refractivity contribution in [2.24, 2.45) is 0 Å². The van der Waals surface area contributed by atoms with Gasteiger partial charge in [-0.1, -0.05) is 0 Å². The first kappa shape index (κ1) is 20.9. The summed E-state index contributed by atoms with van der Waals surface area (Å²) in [6.45, 7) is 1.31. The molecule has 0 spiro atoms. The number of ether oxygens (including phenoxy) is 2. The molecular weight excluding hydrogens is 429 g/mol. The number of hydrogen-bond acceptors (Lipinski definition) is 9. The van der Waals surface area contributed by atoms with E-state index in [0.717, 1.165) is 13.1 Å². The third-order valence-corrected chi connectivity index (χ3v) is 5.51. The average molecular weight is 450 g/mol. The van der Waals surface area contributed by atoms with E-state index >= 15 is 0 Å². The molecule has 6 N–H and O–H groups in total. The molecule has 0 aliphatic carbocycles. The molecule has 0 unspecified atom stereocenters. The lowest BCUT2D eigenvalue weighted by atomic mass is 10.1. The van der Waals surface area contributed by atoms with Crippen molar-refractivity contribution >= 4 is 36.0 Å². The van der Waals surface area contributed by atoms with Crippen LogP contribution in [0.1, 0.15) is 6.23 Å². The van der Waals surface area contributed by atoms with Crippen LogP contribution in [0.15, 0.2) is 12.3 Å². The number of nitrogens with zero attached hydrogens (tertiary/aromatic N) is 3. The van der Waals surface area contributed by atoms with Crippen LogP contribution < -0.4 is 10.6 Å². The Balaban J connectivity index is 1.55. The summed E-state index contributed by atoms with van der Waals surface area (Å²) in [6, 6.07) is 1.97. The Hall–Kier alpha value is -1.34. The van der Waals surface area contributed by atoms with Crippen molar-refractivity contribution in [1.29, 1.82) is 0 Å². The molecule has 2 saturated heterocycles. The van der Waals surface area contributed by atoms with Crippen molar-refractivity contribution in [3.63, 3.8) is 0 Å². The third-order valence-electron chi connectivity index (χ3n) is 4.82. The van der Waals surface area contributed by atoms with Crippen molar-refractivity contribution in [2.45, 2.75) is 30.6 Å². The standard InChI is InChI=1S/C15H21ClN5O7P/c16-15-19-12(18-7-3-17-4-7)8-1-2-21(13(8)20-15)14-11(23)10(22)9(28-14)5-27-6-29(24,25)26/h1-2,7,9-11,14,17,22-23H,3-6H2,(H,18,19,20)(H2,24,25,26)/t9-,10-,11-,14-/m1/s1. The Morgan fingerprint density at radius 1 is 1.34 bits per heavy atom. The molecule has 2 fully saturated rings. The summed E-state index contributed by atoms with van der Waals surface area (Å²) < 4.78 is 23.0. The largest absolute Gasteiger partial charge is 0.387 e. The lowest BCUT2D eigenvalue weighted by Gasteiger charge is -2.28. The Morgan fingerprint density at radius 2 is 2.10 bits per heavy atom. The lowest BCUT2D eigenvalue weighted by molar-refractivity contribution is -0.0610. The number of fused-ring (bicyclic) bond motifs is 1. The Morgan fingerprint density at radius 3 is 2.76 bits per heavy atom. The van der Waals surface area contributed by atoms with E-state index in [0.29, 0.717) is 16.9 Å². The van der Waals surface area contributed by atoms with Gasteiger partial charge in [-0.05, 0) is 17.7 Å². The van der Waals surface area contributed by atoms with Crippen LogP contribution >= 0.6 is 19.2 Å². The van der Waals surface area contributed by atoms with Crippen molar-refractivity contribution in [3.8, 4) is 0 Å². The number of rotatable bonds is 7. The number of aliphatic hydroxyl groups is 2. The summed E-state index contributed by atoms with van der Waals surface area (Å²) in [4.78, 5) is 26.2. The van der Waals surface area contributed by atoms with Crippen LogP contribution in [0, 0.1) is 0 Å². The highest BCUT2D eigenvalue weighted by molar-refractivity contribution is 7.51. The van der Waals surface area contributed by atoms with Crippen molar-refractivity contribution in [1.82, 2.24) is 19.9 Å². The predicted octanol–water partition coefficient (Wildman–Crippen LogP) is -0.761. The molecule has 160 valence electrons. The molecule has 0 amide bonds. The highest BCUT2D eigenvalue weighted by Gasteiger charge is 2.44. The number of aliphatic hydroxyl groups excluding tert-OH is 2. The molecular formula is C15H21ClN5O7P. The maximum Gasteiger partial charge on any atom is 0.350 e. The van der Waals surface area contributed by atoms with Crippen molar-refractivity contribution in [3.05, 3.63) is 17.5 Å². The first-order chi connectivity index (χ1) is 13.7. The summed E-state index contributed by atoms with van der Waals surface area (Å²) in [7, 11) is -4.34. The van der Waals surface area contributed by atoms with Crippen LogP contribution in [0.2, 0.25) is 5.28 Å².